The van der Waals surface area contributed by atoms with E-state index in [1.54, 1.807) is 0 Å². The maximum absolute atomic E-state index is 13.2. The highest BCUT2D eigenvalue weighted by molar-refractivity contribution is 7.47. The third-order valence-electron chi connectivity index (χ3n) is 20.9. The van der Waals surface area contributed by atoms with Crippen LogP contribution in [0.3, 0.4) is 0 Å². The second-order valence-corrected chi connectivity index (χ2v) is 36.3. The Morgan fingerprint density at radius 2 is 0.426 bits per heavy atom. The molecular formula is C89H174O17P2. The summed E-state index contributed by atoms with van der Waals surface area (Å²) in [5.74, 6) is 0.311. The highest BCUT2D eigenvalue weighted by Crippen LogP contribution is 2.45. The van der Waals surface area contributed by atoms with E-state index in [0.717, 1.165) is 108 Å². The zero-order chi connectivity index (χ0) is 79.3. The van der Waals surface area contributed by atoms with E-state index in [1.165, 1.54) is 283 Å². The number of aliphatic hydroxyl groups is 1. The Labute approximate surface area is 664 Å². The number of aliphatic hydroxyl groups excluding tert-OH is 1. The Bertz CT molecular complexity index is 2080. The molecular weight excluding hydrogens is 1400 g/mol. The average Bonchev–Trinajstić information content (AvgIpc) is 0.885. The summed E-state index contributed by atoms with van der Waals surface area (Å²) in [5, 5.41) is 10.7. The molecule has 0 aliphatic carbocycles. The molecule has 2 unspecified atom stereocenters. The van der Waals surface area contributed by atoms with E-state index >= 15 is 0 Å². The zero-order valence-electron chi connectivity index (χ0n) is 71.3. The van der Waals surface area contributed by atoms with Gasteiger partial charge in [-0.15, -0.1) is 0 Å². The van der Waals surface area contributed by atoms with Gasteiger partial charge in [0.2, 0.25) is 0 Å². The number of ether oxygens (including phenoxy) is 4. The SMILES string of the molecule is CCCCCCCCCCCCCCCC(=O)OC[C@H](COP(=O)(O)OC[C@H](O)COP(=O)(O)OC[C@@H](COC(=O)CCCCCCCCCCCCCCCCCCC(C)C)OC(=O)CCCCCCCCCCCCCCCCCCCCC(C)C)OC(=O)CCCCCCCCCCCCCCC(C)C. The molecule has 0 fully saturated rings. The summed E-state index contributed by atoms with van der Waals surface area (Å²) in [6.45, 7) is 12.1. The first-order valence-electron chi connectivity index (χ1n) is 45.8. The maximum Gasteiger partial charge on any atom is 0.472 e. The van der Waals surface area contributed by atoms with Crippen molar-refractivity contribution < 1.29 is 80.2 Å². The second-order valence-electron chi connectivity index (χ2n) is 33.4. The molecule has 0 aromatic rings. The number of phosphoric acid groups is 2. The van der Waals surface area contributed by atoms with Crippen LogP contribution in [0.1, 0.15) is 472 Å². The van der Waals surface area contributed by atoms with Gasteiger partial charge in [0.15, 0.2) is 12.2 Å². The number of carbonyl (C=O) groups is 4. The summed E-state index contributed by atoms with van der Waals surface area (Å²) in [4.78, 5) is 73.4. The first-order chi connectivity index (χ1) is 52.2. The van der Waals surface area contributed by atoms with E-state index in [0.29, 0.717) is 25.7 Å². The second kappa shape index (κ2) is 78.9. The van der Waals surface area contributed by atoms with Gasteiger partial charge in [-0.3, -0.25) is 37.3 Å². The summed E-state index contributed by atoms with van der Waals surface area (Å²) in [6, 6.07) is 0. The molecule has 0 saturated carbocycles. The van der Waals surface area contributed by atoms with E-state index in [-0.39, 0.29) is 25.7 Å². The molecule has 0 aliphatic rings. The smallest absolute Gasteiger partial charge is 0.462 e. The number of unbranched alkanes of at least 4 members (excludes halogenated alkanes) is 55. The molecule has 5 atom stereocenters. The molecule has 17 nitrogen and oxygen atoms in total. The lowest BCUT2D eigenvalue weighted by Crippen LogP contribution is -2.30. The van der Waals surface area contributed by atoms with Crippen LogP contribution in [-0.4, -0.2) is 96.7 Å². The lowest BCUT2D eigenvalue weighted by atomic mass is 10.0. The van der Waals surface area contributed by atoms with Crippen molar-refractivity contribution in [2.75, 3.05) is 39.6 Å². The van der Waals surface area contributed by atoms with Gasteiger partial charge in [-0.25, -0.2) is 9.13 Å². The van der Waals surface area contributed by atoms with Crippen molar-refractivity contribution in [2.45, 2.75) is 491 Å². The highest BCUT2D eigenvalue weighted by Gasteiger charge is 2.31. The Hall–Kier alpha value is -1.94. The fourth-order valence-electron chi connectivity index (χ4n) is 13.9. The molecule has 0 rings (SSSR count). The van der Waals surface area contributed by atoms with Crippen LogP contribution in [0.2, 0.25) is 0 Å². The van der Waals surface area contributed by atoms with E-state index in [4.69, 9.17) is 37.0 Å². The van der Waals surface area contributed by atoms with Gasteiger partial charge in [-0.05, 0) is 43.4 Å². The first kappa shape index (κ1) is 106. The molecule has 3 N–H and O–H groups in total. The van der Waals surface area contributed by atoms with Crippen LogP contribution >= 0.6 is 15.6 Å². The van der Waals surface area contributed by atoms with Crippen molar-refractivity contribution in [3.63, 3.8) is 0 Å². The van der Waals surface area contributed by atoms with Gasteiger partial charge in [-0.2, -0.15) is 0 Å². The van der Waals surface area contributed by atoms with Gasteiger partial charge >= 0.3 is 39.5 Å². The lowest BCUT2D eigenvalue weighted by Gasteiger charge is -2.21. The summed E-state index contributed by atoms with van der Waals surface area (Å²) in [7, 11) is -9.93. The zero-order valence-corrected chi connectivity index (χ0v) is 73.1. The standard InChI is InChI=1S/C89H174O17P2/c1-8-9-10-11-12-13-14-25-35-42-49-56-63-70-86(91)99-76-85(106-89(94)73-66-59-52-45-38-31-30-34-41-48-55-62-69-82(6)7)79-104-108(97,98)102-75-83(90)74-101-107(95,96)103-78-84(77-100-87(92)71-64-57-50-43-36-28-23-20-19-22-27-33-40-47-54-61-68-81(4)5)105-88(93)72-65-58-51-44-37-29-24-18-16-15-17-21-26-32-39-46-53-60-67-80(2)3/h80-85,90H,8-79H2,1-7H3,(H,95,96)(H,97,98)/t83-,84-,85-/m1/s1. The van der Waals surface area contributed by atoms with Crippen LogP contribution in [0, 0.1) is 17.8 Å². The third kappa shape index (κ3) is 82.1. The van der Waals surface area contributed by atoms with Gasteiger partial charge in [0.1, 0.15) is 19.3 Å². The number of phosphoric ester groups is 2. The Balaban J connectivity index is 5.26. The fraction of sp³-hybridized carbons (Fsp3) is 0.955. The van der Waals surface area contributed by atoms with Crippen molar-refractivity contribution in [3.8, 4) is 0 Å². The monoisotopic (exact) mass is 1580 g/mol. The number of hydrogen-bond acceptors (Lipinski definition) is 15. The number of carbonyl (C=O) groups excluding carboxylic acids is 4. The average molecular weight is 1580 g/mol. The van der Waals surface area contributed by atoms with Crippen LogP contribution in [0.5, 0.6) is 0 Å². The normalized spacial score (nSPS) is 13.8. The van der Waals surface area contributed by atoms with E-state index < -0.39 is 97.5 Å². The lowest BCUT2D eigenvalue weighted by molar-refractivity contribution is -0.161. The van der Waals surface area contributed by atoms with Crippen LogP contribution in [0.4, 0.5) is 0 Å². The number of esters is 4. The predicted molar refractivity (Wildman–Crippen MR) is 446 cm³/mol. The van der Waals surface area contributed by atoms with Gasteiger partial charge < -0.3 is 33.8 Å². The molecule has 108 heavy (non-hydrogen) atoms. The van der Waals surface area contributed by atoms with Gasteiger partial charge in [0.05, 0.1) is 26.4 Å². The van der Waals surface area contributed by atoms with Crippen LogP contribution in [-0.2, 0) is 65.4 Å². The topological polar surface area (TPSA) is 237 Å². The molecule has 0 aromatic heterocycles. The molecule has 0 saturated heterocycles. The molecule has 19 heteroatoms. The predicted octanol–water partition coefficient (Wildman–Crippen LogP) is 27.3. The molecule has 642 valence electrons. The van der Waals surface area contributed by atoms with E-state index in [9.17, 15) is 43.2 Å². The molecule has 0 aliphatic heterocycles. The summed E-state index contributed by atoms with van der Waals surface area (Å²) in [5.41, 5.74) is 0. The highest BCUT2D eigenvalue weighted by atomic mass is 31.2. The van der Waals surface area contributed by atoms with Crippen LogP contribution < -0.4 is 0 Å². The van der Waals surface area contributed by atoms with Crippen molar-refractivity contribution >= 4 is 39.5 Å². The van der Waals surface area contributed by atoms with Crippen molar-refractivity contribution in [2.24, 2.45) is 17.8 Å². The Kier molecular flexibility index (Phi) is 77.5. The Morgan fingerprint density at radius 3 is 0.630 bits per heavy atom. The minimum Gasteiger partial charge on any atom is -0.462 e. The molecule has 0 bridgehead atoms. The van der Waals surface area contributed by atoms with Crippen LogP contribution in [0.15, 0.2) is 0 Å². The van der Waals surface area contributed by atoms with Crippen molar-refractivity contribution in [1.29, 1.82) is 0 Å². The molecule has 0 amide bonds. The minimum atomic E-state index is -4.97. The van der Waals surface area contributed by atoms with Crippen molar-refractivity contribution in [1.82, 2.24) is 0 Å². The van der Waals surface area contributed by atoms with E-state index in [2.05, 4.69) is 48.5 Å². The summed E-state index contributed by atoms with van der Waals surface area (Å²) < 4.78 is 69.0. The summed E-state index contributed by atoms with van der Waals surface area (Å²) >= 11 is 0. The van der Waals surface area contributed by atoms with Gasteiger partial charge in [0, 0.05) is 25.7 Å². The van der Waals surface area contributed by atoms with Crippen LogP contribution in [0.25, 0.3) is 0 Å². The third-order valence-corrected chi connectivity index (χ3v) is 22.8. The Morgan fingerprint density at radius 1 is 0.250 bits per heavy atom. The summed E-state index contributed by atoms with van der Waals surface area (Å²) in [6.07, 6.45) is 70.7. The molecule has 0 heterocycles. The number of hydrogen-bond donors (Lipinski definition) is 3. The van der Waals surface area contributed by atoms with Crippen molar-refractivity contribution in [3.05, 3.63) is 0 Å². The molecule has 0 spiro atoms. The van der Waals surface area contributed by atoms with E-state index in [1.807, 2.05) is 0 Å². The molecule has 0 radical (unpaired) electrons. The maximum atomic E-state index is 13.2. The fourth-order valence-corrected chi connectivity index (χ4v) is 15.5. The van der Waals surface area contributed by atoms with Gasteiger partial charge in [-0.1, -0.05) is 421 Å². The molecule has 0 aromatic carbocycles. The first-order valence-corrected chi connectivity index (χ1v) is 48.8. The largest absolute Gasteiger partial charge is 0.472 e. The van der Waals surface area contributed by atoms with Gasteiger partial charge in [0.25, 0.3) is 0 Å². The minimum absolute atomic E-state index is 0.107. The quantitative estimate of drug-likeness (QED) is 0.0222. The number of rotatable bonds is 87.